The van der Waals surface area contributed by atoms with Crippen LogP contribution < -0.4 is 5.32 Å². The summed E-state index contributed by atoms with van der Waals surface area (Å²) in [6.45, 7) is 6.53. The van der Waals surface area contributed by atoms with Gasteiger partial charge < -0.3 is 5.32 Å². The molecule has 0 saturated carbocycles. The van der Waals surface area contributed by atoms with Crippen molar-refractivity contribution in [2.75, 3.05) is 5.75 Å². The highest BCUT2D eigenvalue weighted by Crippen LogP contribution is 2.28. The van der Waals surface area contributed by atoms with E-state index in [-0.39, 0.29) is 11.9 Å². The third kappa shape index (κ3) is 5.25. The molecule has 2 heterocycles. The number of hydrogen-bond acceptors (Lipinski definition) is 5. The van der Waals surface area contributed by atoms with Gasteiger partial charge in [-0.25, -0.2) is 9.97 Å². The van der Waals surface area contributed by atoms with Gasteiger partial charge in [0, 0.05) is 6.04 Å². The number of thioether (sulfide) groups is 1. The fourth-order valence-corrected chi connectivity index (χ4v) is 3.98. The average molecular weight is 338 g/mol. The maximum atomic E-state index is 12.0. The lowest BCUT2D eigenvalue weighted by molar-refractivity contribution is -0.119. The van der Waals surface area contributed by atoms with Gasteiger partial charge in [0.15, 0.2) is 0 Å². The first-order chi connectivity index (χ1) is 10.6. The fraction of sp³-hybridized carbons (Fsp3) is 0.562. The van der Waals surface area contributed by atoms with Crippen LogP contribution >= 0.6 is 23.1 Å². The van der Waals surface area contributed by atoms with Gasteiger partial charge in [0.05, 0.1) is 16.0 Å². The quantitative estimate of drug-likeness (QED) is 0.582. The number of carbonyl (C=O) groups excluding carboxylic acids is 1. The van der Waals surface area contributed by atoms with Crippen molar-refractivity contribution in [3.05, 3.63) is 17.8 Å². The monoisotopic (exact) mass is 337 g/mol. The molecule has 2 aromatic rings. The molecule has 22 heavy (non-hydrogen) atoms. The van der Waals surface area contributed by atoms with E-state index < -0.39 is 0 Å². The second-order valence-corrected chi connectivity index (χ2v) is 7.78. The summed E-state index contributed by atoms with van der Waals surface area (Å²) in [5, 5.41) is 5.96. The molecule has 0 bridgehead atoms. The summed E-state index contributed by atoms with van der Waals surface area (Å²) in [6, 6.07) is 2.21. The van der Waals surface area contributed by atoms with Crippen molar-refractivity contribution in [2.24, 2.45) is 5.92 Å². The fourth-order valence-electron chi connectivity index (χ4n) is 2.22. The molecule has 4 nitrogen and oxygen atoms in total. The average Bonchev–Trinajstić information content (AvgIpc) is 2.93. The van der Waals surface area contributed by atoms with E-state index in [0.717, 1.165) is 34.0 Å². The van der Waals surface area contributed by atoms with Gasteiger partial charge in [-0.05, 0) is 30.7 Å². The van der Waals surface area contributed by atoms with Crippen LogP contribution in [0.5, 0.6) is 0 Å². The zero-order chi connectivity index (χ0) is 15.9. The number of fused-ring (bicyclic) bond motifs is 1. The Morgan fingerprint density at radius 2 is 2.14 bits per heavy atom. The van der Waals surface area contributed by atoms with E-state index >= 15 is 0 Å². The predicted molar refractivity (Wildman–Crippen MR) is 94.4 cm³/mol. The number of rotatable bonds is 8. The van der Waals surface area contributed by atoms with E-state index in [1.54, 1.807) is 17.7 Å². The van der Waals surface area contributed by atoms with E-state index in [1.165, 1.54) is 18.2 Å². The number of aromatic nitrogens is 2. The van der Waals surface area contributed by atoms with E-state index in [4.69, 9.17) is 0 Å². The Morgan fingerprint density at radius 3 is 2.91 bits per heavy atom. The van der Waals surface area contributed by atoms with Crippen LogP contribution in [0, 0.1) is 5.92 Å². The van der Waals surface area contributed by atoms with Crippen molar-refractivity contribution in [1.29, 1.82) is 0 Å². The molecule has 120 valence electrons. The standard InChI is InChI=1S/C16H23N3OS2/c1-11(2)5-4-6-12(3)19-14(20)9-22-16-15-13(7-8-21-15)17-10-18-16/h7-8,10-12H,4-6,9H2,1-3H3,(H,19,20). The number of carbonyl (C=O) groups is 1. The molecule has 1 N–H and O–H groups in total. The van der Waals surface area contributed by atoms with Gasteiger partial charge in [0.25, 0.3) is 0 Å². The molecule has 6 heteroatoms. The van der Waals surface area contributed by atoms with Crippen molar-refractivity contribution in [1.82, 2.24) is 15.3 Å². The number of hydrogen-bond donors (Lipinski definition) is 1. The largest absolute Gasteiger partial charge is 0.353 e. The Hall–Kier alpha value is -1.14. The lowest BCUT2D eigenvalue weighted by atomic mass is 10.0. The summed E-state index contributed by atoms with van der Waals surface area (Å²) in [5.41, 5.74) is 0.949. The summed E-state index contributed by atoms with van der Waals surface area (Å²) in [7, 11) is 0. The molecule has 0 radical (unpaired) electrons. The lowest BCUT2D eigenvalue weighted by Crippen LogP contribution is -2.33. The van der Waals surface area contributed by atoms with Crippen LogP contribution in [0.25, 0.3) is 10.2 Å². The molecular weight excluding hydrogens is 314 g/mol. The number of thiophene rings is 1. The topological polar surface area (TPSA) is 54.9 Å². The summed E-state index contributed by atoms with van der Waals surface area (Å²) < 4.78 is 1.06. The molecule has 0 spiro atoms. The molecular formula is C16H23N3OS2. The Bertz CT molecular complexity index is 612. The first-order valence-electron chi connectivity index (χ1n) is 7.66. The van der Waals surface area contributed by atoms with Crippen LogP contribution in [-0.4, -0.2) is 27.7 Å². The van der Waals surface area contributed by atoms with Gasteiger partial charge in [-0.3, -0.25) is 4.79 Å². The molecule has 0 fully saturated rings. The Morgan fingerprint density at radius 1 is 1.32 bits per heavy atom. The van der Waals surface area contributed by atoms with E-state index in [9.17, 15) is 4.79 Å². The summed E-state index contributed by atoms with van der Waals surface area (Å²) in [6.07, 6.45) is 4.97. The second-order valence-electron chi connectivity index (χ2n) is 5.90. The molecule has 0 saturated heterocycles. The normalized spacial score (nSPS) is 12.7. The van der Waals surface area contributed by atoms with Gasteiger partial charge in [-0.2, -0.15) is 0 Å². The van der Waals surface area contributed by atoms with E-state index in [2.05, 4.69) is 36.1 Å². The molecule has 0 aliphatic rings. The number of nitrogens with one attached hydrogen (secondary N) is 1. The van der Waals surface area contributed by atoms with Gasteiger partial charge >= 0.3 is 0 Å². The zero-order valence-electron chi connectivity index (χ0n) is 13.3. The lowest BCUT2D eigenvalue weighted by Gasteiger charge is -2.14. The van der Waals surface area contributed by atoms with Crippen molar-refractivity contribution < 1.29 is 4.79 Å². The molecule has 2 aromatic heterocycles. The van der Waals surface area contributed by atoms with Crippen LogP contribution in [-0.2, 0) is 4.79 Å². The minimum atomic E-state index is 0.0744. The Labute approximate surface area is 140 Å². The summed E-state index contributed by atoms with van der Waals surface area (Å²) >= 11 is 3.10. The first kappa shape index (κ1) is 17.2. The second kappa shape index (κ2) is 8.48. The van der Waals surface area contributed by atoms with E-state index in [1.807, 2.05) is 11.4 Å². The van der Waals surface area contributed by atoms with Crippen LogP contribution in [0.2, 0.25) is 0 Å². The van der Waals surface area contributed by atoms with Gasteiger partial charge in [0.1, 0.15) is 11.4 Å². The summed E-state index contributed by atoms with van der Waals surface area (Å²) in [4.78, 5) is 20.5. The van der Waals surface area contributed by atoms with Crippen molar-refractivity contribution in [3.63, 3.8) is 0 Å². The molecule has 1 amide bonds. The van der Waals surface area contributed by atoms with Crippen LogP contribution in [0.1, 0.15) is 40.0 Å². The maximum Gasteiger partial charge on any atom is 0.230 e. The Kier molecular flexibility index (Phi) is 6.64. The minimum Gasteiger partial charge on any atom is -0.353 e. The summed E-state index contributed by atoms with van der Waals surface area (Å²) in [5.74, 6) is 1.20. The molecule has 2 rings (SSSR count). The van der Waals surface area contributed by atoms with Gasteiger partial charge in [-0.1, -0.05) is 38.5 Å². The highest BCUT2D eigenvalue weighted by atomic mass is 32.2. The first-order valence-corrected chi connectivity index (χ1v) is 9.53. The van der Waals surface area contributed by atoms with Gasteiger partial charge in [-0.15, -0.1) is 11.3 Å². The highest BCUT2D eigenvalue weighted by Gasteiger charge is 2.11. The molecule has 0 aliphatic carbocycles. The van der Waals surface area contributed by atoms with Crippen molar-refractivity contribution in [3.8, 4) is 0 Å². The third-order valence-electron chi connectivity index (χ3n) is 3.38. The van der Waals surface area contributed by atoms with Crippen LogP contribution in [0.4, 0.5) is 0 Å². The van der Waals surface area contributed by atoms with Crippen molar-refractivity contribution in [2.45, 2.75) is 51.1 Å². The van der Waals surface area contributed by atoms with Crippen LogP contribution in [0.15, 0.2) is 22.8 Å². The number of amides is 1. The van der Waals surface area contributed by atoms with Crippen molar-refractivity contribution >= 4 is 39.2 Å². The molecule has 1 atom stereocenters. The molecule has 1 unspecified atom stereocenters. The maximum absolute atomic E-state index is 12.0. The minimum absolute atomic E-state index is 0.0744. The highest BCUT2D eigenvalue weighted by molar-refractivity contribution is 8.00. The third-order valence-corrected chi connectivity index (χ3v) is 5.41. The van der Waals surface area contributed by atoms with Gasteiger partial charge in [0.2, 0.25) is 5.91 Å². The number of nitrogens with zero attached hydrogens (tertiary/aromatic N) is 2. The smallest absolute Gasteiger partial charge is 0.230 e. The predicted octanol–water partition coefficient (Wildman–Crippen LogP) is 4.11. The SMILES string of the molecule is CC(C)CCCC(C)NC(=O)CSc1ncnc2ccsc12. The Balaban J connectivity index is 1.77. The van der Waals surface area contributed by atoms with E-state index in [0.29, 0.717) is 5.75 Å². The molecule has 0 aromatic carbocycles. The molecule has 0 aliphatic heterocycles. The van der Waals surface area contributed by atoms with Crippen LogP contribution in [0.3, 0.4) is 0 Å². The zero-order valence-corrected chi connectivity index (χ0v) is 15.0.